The number of rotatable bonds is 5. The van der Waals surface area contributed by atoms with Crippen LogP contribution in [0.5, 0.6) is 0 Å². The Balaban J connectivity index is 1.28. The Morgan fingerprint density at radius 2 is 1.81 bits per heavy atom. The van der Waals surface area contributed by atoms with E-state index >= 15 is 0 Å². The minimum Gasteiger partial charge on any atom is -0.336 e. The number of nitrogens with one attached hydrogen (secondary N) is 1. The number of hydrogen-bond acceptors (Lipinski definition) is 4. The summed E-state index contributed by atoms with van der Waals surface area (Å²) in [6.07, 6.45) is 0.973. The second-order valence-electron chi connectivity index (χ2n) is 7.53. The van der Waals surface area contributed by atoms with Crippen LogP contribution in [0.15, 0.2) is 41.8 Å². The van der Waals surface area contributed by atoms with Crippen molar-refractivity contribution in [1.29, 1.82) is 0 Å². The summed E-state index contributed by atoms with van der Waals surface area (Å²) in [6, 6.07) is 11.5. The molecule has 1 saturated heterocycles. The number of thiophene rings is 1. The lowest BCUT2D eigenvalue weighted by Gasteiger charge is -2.34. The molecule has 1 aromatic carbocycles. The van der Waals surface area contributed by atoms with Gasteiger partial charge in [-0.05, 0) is 48.1 Å². The first kappa shape index (κ1) is 18.2. The molecule has 2 aromatic rings. The Labute approximate surface area is 164 Å². The lowest BCUT2D eigenvalue weighted by molar-refractivity contribution is -0.117. The highest BCUT2D eigenvalue weighted by atomic mass is 32.1. The highest BCUT2D eigenvalue weighted by Crippen LogP contribution is 2.38. The van der Waals surface area contributed by atoms with E-state index in [0.29, 0.717) is 11.5 Å². The zero-order chi connectivity index (χ0) is 18.8. The molecule has 1 saturated carbocycles. The van der Waals surface area contributed by atoms with Gasteiger partial charge >= 0.3 is 0 Å². The van der Waals surface area contributed by atoms with E-state index in [9.17, 15) is 9.59 Å². The molecule has 1 aliphatic heterocycles. The molecule has 2 aliphatic rings. The van der Waals surface area contributed by atoms with Crippen LogP contribution in [0.2, 0.25) is 0 Å². The van der Waals surface area contributed by atoms with Crippen LogP contribution < -0.4 is 5.32 Å². The van der Waals surface area contributed by atoms with Crippen molar-refractivity contribution in [3.05, 3.63) is 52.2 Å². The highest BCUT2D eigenvalue weighted by molar-refractivity contribution is 7.09. The summed E-state index contributed by atoms with van der Waals surface area (Å²) in [5.74, 6) is 0.795. The quantitative estimate of drug-likeness (QED) is 0.862. The van der Waals surface area contributed by atoms with Gasteiger partial charge in [-0.25, -0.2) is 0 Å². The van der Waals surface area contributed by atoms with Crippen LogP contribution in [0.4, 0.5) is 5.69 Å². The molecule has 2 heterocycles. The van der Waals surface area contributed by atoms with Gasteiger partial charge in [-0.1, -0.05) is 13.0 Å². The second-order valence-corrected chi connectivity index (χ2v) is 8.57. The van der Waals surface area contributed by atoms with E-state index in [0.717, 1.165) is 44.8 Å². The van der Waals surface area contributed by atoms with Crippen LogP contribution in [0, 0.1) is 11.8 Å². The average molecular weight is 384 g/mol. The van der Waals surface area contributed by atoms with E-state index in [1.165, 1.54) is 4.88 Å². The van der Waals surface area contributed by atoms with E-state index in [1.54, 1.807) is 11.3 Å². The Kier molecular flexibility index (Phi) is 5.27. The Morgan fingerprint density at radius 3 is 2.41 bits per heavy atom. The van der Waals surface area contributed by atoms with Crippen molar-refractivity contribution in [3.63, 3.8) is 0 Å². The SMILES string of the molecule is CC1CC1C(=O)Nc1ccc(C(=O)N2CCN(Cc3cccs3)CC2)cc1. The number of anilines is 1. The fraction of sp³-hybridized carbons (Fsp3) is 0.429. The summed E-state index contributed by atoms with van der Waals surface area (Å²) >= 11 is 1.78. The first-order chi connectivity index (χ1) is 13.1. The van der Waals surface area contributed by atoms with Crippen molar-refractivity contribution in [2.45, 2.75) is 19.9 Å². The Hall–Kier alpha value is -2.18. The minimum absolute atomic E-state index is 0.0689. The van der Waals surface area contributed by atoms with Gasteiger partial charge < -0.3 is 10.2 Å². The zero-order valence-electron chi connectivity index (χ0n) is 15.6. The van der Waals surface area contributed by atoms with Crippen LogP contribution in [0.3, 0.4) is 0 Å². The second kappa shape index (κ2) is 7.82. The van der Waals surface area contributed by atoms with Crippen molar-refractivity contribution in [2.75, 3.05) is 31.5 Å². The molecule has 0 bridgehead atoms. The normalized spacial score (nSPS) is 22.5. The molecule has 142 valence electrons. The predicted molar refractivity (Wildman–Crippen MR) is 108 cm³/mol. The van der Waals surface area contributed by atoms with Crippen molar-refractivity contribution in [1.82, 2.24) is 9.80 Å². The minimum atomic E-state index is 0.0689. The van der Waals surface area contributed by atoms with Gasteiger partial charge in [0.1, 0.15) is 0 Å². The highest BCUT2D eigenvalue weighted by Gasteiger charge is 2.39. The fourth-order valence-electron chi connectivity index (χ4n) is 3.53. The number of amides is 2. The molecule has 6 heteroatoms. The molecule has 1 aromatic heterocycles. The number of nitrogens with zero attached hydrogens (tertiary/aromatic N) is 2. The maximum absolute atomic E-state index is 12.7. The van der Waals surface area contributed by atoms with E-state index in [-0.39, 0.29) is 17.7 Å². The maximum atomic E-state index is 12.7. The van der Waals surface area contributed by atoms with Crippen LogP contribution in [-0.2, 0) is 11.3 Å². The smallest absolute Gasteiger partial charge is 0.253 e. The van der Waals surface area contributed by atoms with Crippen LogP contribution in [-0.4, -0.2) is 47.8 Å². The lowest BCUT2D eigenvalue weighted by atomic mass is 10.1. The molecular formula is C21H25N3O2S. The summed E-state index contributed by atoms with van der Waals surface area (Å²) in [4.78, 5) is 30.4. The summed E-state index contributed by atoms with van der Waals surface area (Å²) in [5.41, 5.74) is 1.44. The first-order valence-electron chi connectivity index (χ1n) is 9.55. The van der Waals surface area contributed by atoms with Crippen LogP contribution >= 0.6 is 11.3 Å². The zero-order valence-corrected chi connectivity index (χ0v) is 16.4. The number of carbonyl (C=O) groups is 2. The number of carbonyl (C=O) groups excluding carboxylic acids is 2. The first-order valence-corrected chi connectivity index (χ1v) is 10.4. The van der Waals surface area contributed by atoms with Crippen molar-refractivity contribution >= 4 is 28.8 Å². The van der Waals surface area contributed by atoms with Crippen molar-refractivity contribution < 1.29 is 9.59 Å². The summed E-state index contributed by atoms with van der Waals surface area (Å²) < 4.78 is 0. The third-order valence-corrected chi connectivity index (χ3v) is 6.33. The van der Waals surface area contributed by atoms with Gasteiger partial charge in [0.2, 0.25) is 5.91 Å². The van der Waals surface area contributed by atoms with E-state index in [2.05, 4.69) is 34.7 Å². The number of hydrogen-bond donors (Lipinski definition) is 1. The summed E-state index contributed by atoms with van der Waals surface area (Å²) in [5, 5.41) is 5.04. The van der Waals surface area contributed by atoms with E-state index in [1.807, 2.05) is 29.2 Å². The molecule has 2 atom stereocenters. The predicted octanol–water partition coefficient (Wildman–Crippen LogP) is 3.30. The lowest BCUT2D eigenvalue weighted by Crippen LogP contribution is -2.48. The number of benzene rings is 1. The van der Waals surface area contributed by atoms with E-state index in [4.69, 9.17) is 0 Å². The number of piperazine rings is 1. The third-order valence-electron chi connectivity index (χ3n) is 5.46. The molecule has 4 rings (SSSR count). The van der Waals surface area contributed by atoms with Crippen molar-refractivity contribution in [2.24, 2.45) is 11.8 Å². The fourth-order valence-corrected chi connectivity index (χ4v) is 4.28. The average Bonchev–Trinajstić information content (AvgIpc) is 3.20. The molecule has 0 spiro atoms. The molecule has 1 N–H and O–H groups in total. The van der Waals surface area contributed by atoms with Gasteiger partial charge in [-0.15, -0.1) is 11.3 Å². The molecule has 2 amide bonds. The van der Waals surface area contributed by atoms with Gasteiger partial charge in [0.15, 0.2) is 0 Å². The van der Waals surface area contributed by atoms with E-state index < -0.39 is 0 Å². The molecular weight excluding hydrogens is 358 g/mol. The summed E-state index contributed by atoms with van der Waals surface area (Å²) in [7, 11) is 0. The largest absolute Gasteiger partial charge is 0.336 e. The van der Waals surface area contributed by atoms with Crippen LogP contribution in [0.1, 0.15) is 28.6 Å². The van der Waals surface area contributed by atoms with Gasteiger partial charge in [0.05, 0.1) is 0 Å². The van der Waals surface area contributed by atoms with Gasteiger partial charge in [0, 0.05) is 54.8 Å². The monoisotopic (exact) mass is 383 g/mol. The molecule has 0 radical (unpaired) electrons. The third kappa shape index (κ3) is 4.39. The van der Waals surface area contributed by atoms with Crippen molar-refractivity contribution in [3.8, 4) is 0 Å². The van der Waals surface area contributed by atoms with Gasteiger partial charge in [0.25, 0.3) is 5.91 Å². The molecule has 5 nitrogen and oxygen atoms in total. The molecule has 1 aliphatic carbocycles. The Morgan fingerprint density at radius 1 is 1.11 bits per heavy atom. The summed E-state index contributed by atoms with van der Waals surface area (Å²) in [6.45, 7) is 6.36. The van der Waals surface area contributed by atoms with Gasteiger partial charge in [-0.3, -0.25) is 14.5 Å². The molecule has 2 unspecified atom stereocenters. The van der Waals surface area contributed by atoms with Crippen LogP contribution in [0.25, 0.3) is 0 Å². The molecule has 27 heavy (non-hydrogen) atoms. The maximum Gasteiger partial charge on any atom is 0.253 e. The standard InChI is InChI=1S/C21H25N3O2S/c1-15-13-19(15)20(25)22-17-6-4-16(5-7-17)21(26)24-10-8-23(9-11-24)14-18-3-2-12-27-18/h2-7,12,15,19H,8-11,13-14H2,1H3,(H,22,25). The Bertz CT molecular complexity index is 795. The molecule has 2 fully saturated rings. The topological polar surface area (TPSA) is 52.7 Å². The van der Waals surface area contributed by atoms with Gasteiger partial charge in [-0.2, -0.15) is 0 Å².